The molecule has 37 heavy (non-hydrogen) atoms. The highest BCUT2D eigenvalue weighted by Gasteiger charge is 2.36. The molecule has 1 aromatic carbocycles. The van der Waals surface area contributed by atoms with Crippen LogP contribution in [0, 0.1) is 0 Å². The maximum atomic E-state index is 13.6. The minimum absolute atomic E-state index is 0.165. The van der Waals surface area contributed by atoms with Crippen LogP contribution in [0.5, 0.6) is 0 Å². The van der Waals surface area contributed by atoms with Crippen LogP contribution < -0.4 is 10.2 Å². The SMILES string of the molecule is C[C@@H]1CN(c2ccc(-n3cc(C(=O)O)nn3)cc2NC(=O)c2cnc(Cl)cc2C(F)(F)F)C[C@H](C)N1C. The van der Waals surface area contributed by atoms with Crippen molar-refractivity contribution in [2.24, 2.45) is 0 Å². The summed E-state index contributed by atoms with van der Waals surface area (Å²) in [5.74, 6) is -2.30. The summed E-state index contributed by atoms with van der Waals surface area (Å²) in [6.07, 6.45) is -2.87. The lowest BCUT2D eigenvalue weighted by molar-refractivity contribution is -0.138. The van der Waals surface area contributed by atoms with Gasteiger partial charge >= 0.3 is 12.1 Å². The number of anilines is 2. The Morgan fingerprint density at radius 1 is 1.16 bits per heavy atom. The molecule has 2 atom stereocenters. The van der Waals surface area contributed by atoms with Gasteiger partial charge < -0.3 is 15.3 Å². The van der Waals surface area contributed by atoms with Crippen LogP contribution >= 0.6 is 11.6 Å². The van der Waals surface area contributed by atoms with E-state index in [2.05, 4.69) is 25.5 Å². The molecule has 0 radical (unpaired) electrons. The molecule has 1 saturated heterocycles. The summed E-state index contributed by atoms with van der Waals surface area (Å²) in [7, 11) is 2.01. The number of hydrogen-bond donors (Lipinski definition) is 2. The molecule has 0 unspecified atom stereocenters. The fourth-order valence-electron chi connectivity index (χ4n) is 4.17. The average molecular weight is 538 g/mol. The zero-order valence-electron chi connectivity index (χ0n) is 20.0. The number of aromatic nitrogens is 4. The Balaban J connectivity index is 1.76. The standard InChI is InChI=1S/C23H23ClF3N7O3/c1-12-9-33(10-13(2)32(12)3)19-5-4-14(34-11-18(22(36)37)30-31-34)6-17(19)29-21(35)15-8-28-20(24)7-16(15)23(25,26)27/h4-8,11-13H,9-10H2,1-3H3,(H,29,35)(H,36,37)/t12-,13+. The topological polar surface area (TPSA) is 116 Å². The number of likely N-dealkylation sites (N-methyl/N-ethyl adjacent to an activating group) is 1. The number of amides is 1. The lowest BCUT2D eigenvalue weighted by atomic mass is 10.1. The lowest BCUT2D eigenvalue weighted by Crippen LogP contribution is -2.55. The van der Waals surface area contributed by atoms with Crippen LogP contribution in [0.2, 0.25) is 5.15 Å². The van der Waals surface area contributed by atoms with Crippen LogP contribution in [0.1, 0.15) is 40.3 Å². The van der Waals surface area contributed by atoms with Crippen LogP contribution in [0.25, 0.3) is 5.69 Å². The van der Waals surface area contributed by atoms with Gasteiger partial charge in [-0.05, 0) is 45.2 Å². The molecule has 196 valence electrons. The second-order valence-corrected chi connectivity index (χ2v) is 9.22. The number of rotatable bonds is 5. The molecule has 3 heterocycles. The molecule has 2 N–H and O–H groups in total. The van der Waals surface area contributed by atoms with Crippen molar-refractivity contribution in [1.82, 2.24) is 24.9 Å². The van der Waals surface area contributed by atoms with Crippen molar-refractivity contribution < 1.29 is 27.9 Å². The number of carboxylic acid groups (broad SMARTS) is 1. The van der Waals surface area contributed by atoms with Crippen molar-refractivity contribution in [2.45, 2.75) is 32.1 Å². The maximum absolute atomic E-state index is 13.6. The third kappa shape index (κ3) is 5.52. The second kappa shape index (κ2) is 9.98. The number of carboxylic acids is 1. The number of alkyl halides is 3. The average Bonchev–Trinajstić information content (AvgIpc) is 3.32. The highest BCUT2D eigenvalue weighted by Crippen LogP contribution is 2.35. The highest BCUT2D eigenvalue weighted by molar-refractivity contribution is 6.29. The molecule has 1 aliphatic heterocycles. The van der Waals surface area contributed by atoms with Crippen LogP contribution in [0.15, 0.2) is 36.7 Å². The normalized spacial score (nSPS) is 18.6. The van der Waals surface area contributed by atoms with Gasteiger partial charge in [-0.2, -0.15) is 13.2 Å². The quantitative estimate of drug-likeness (QED) is 0.472. The summed E-state index contributed by atoms with van der Waals surface area (Å²) < 4.78 is 42.1. The first kappa shape index (κ1) is 26.4. The Bertz CT molecular complexity index is 1340. The number of aromatic carboxylic acids is 1. The molecule has 2 aromatic heterocycles. The summed E-state index contributed by atoms with van der Waals surface area (Å²) in [6.45, 7) is 5.30. The number of carbonyl (C=O) groups is 2. The summed E-state index contributed by atoms with van der Waals surface area (Å²) >= 11 is 5.66. The molecule has 3 aromatic rings. The van der Waals surface area contributed by atoms with Gasteiger partial charge in [0.25, 0.3) is 5.91 Å². The van der Waals surface area contributed by atoms with Crippen LogP contribution in [0.4, 0.5) is 24.5 Å². The Hall–Kier alpha value is -3.71. The predicted molar refractivity (Wildman–Crippen MR) is 129 cm³/mol. The molecular formula is C23H23ClF3N7O3. The van der Waals surface area contributed by atoms with E-state index in [0.717, 1.165) is 6.20 Å². The molecule has 0 saturated carbocycles. The van der Waals surface area contributed by atoms with Gasteiger partial charge in [-0.15, -0.1) is 5.10 Å². The summed E-state index contributed by atoms with van der Waals surface area (Å²) in [6, 6.07) is 5.78. The van der Waals surface area contributed by atoms with E-state index in [9.17, 15) is 22.8 Å². The number of nitrogens with zero attached hydrogens (tertiary/aromatic N) is 6. The number of carbonyl (C=O) groups excluding carboxylic acids is 1. The van der Waals surface area contributed by atoms with Crippen molar-refractivity contribution >= 4 is 34.9 Å². The molecular weight excluding hydrogens is 515 g/mol. The predicted octanol–water partition coefficient (Wildman–Crippen LogP) is 3.81. The fourth-order valence-corrected chi connectivity index (χ4v) is 4.32. The van der Waals surface area contributed by atoms with E-state index in [1.165, 1.54) is 16.9 Å². The van der Waals surface area contributed by atoms with Gasteiger partial charge in [0, 0.05) is 31.4 Å². The van der Waals surface area contributed by atoms with Crippen LogP contribution in [0.3, 0.4) is 0 Å². The Kier molecular flexibility index (Phi) is 7.11. The summed E-state index contributed by atoms with van der Waals surface area (Å²) in [5, 5.41) is 18.7. The van der Waals surface area contributed by atoms with Crippen LogP contribution in [-0.2, 0) is 6.18 Å². The number of halogens is 4. The third-order valence-electron chi connectivity index (χ3n) is 6.33. The van der Waals surface area contributed by atoms with Crippen molar-refractivity contribution in [3.05, 3.63) is 58.6 Å². The first-order valence-corrected chi connectivity index (χ1v) is 11.5. The Morgan fingerprint density at radius 3 is 2.43 bits per heavy atom. The number of piperazine rings is 1. The van der Waals surface area contributed by atoms with Gasteiger partial charge in [0.1, 0.15) is 5.15 Å². The molecule has 10 nitrogen and oxygen atoms in total. The van der Waals surface area contributed by atoms with E-state index < -0.39 is 34.3 Å². The van der Waals surface area contributed by atoms with E-state index in [0.29, 0.717) is 30.5 Å². The first-order valence-electron chi connectivity index (χ1n) is 11.2. The molecule has 0 aliphatic carbocycles. The largest absolute Gasteiger partial charge is 0.476 e. The van der Waals surface area contributed by atoms with Gasteiger partial charge in [-0.3, -0.25) is 9.69 Å². The van der Waals surface area contributed by atoms with E-state index in [-0.39, 0.29) is 23.5 Å². The molecule has 1 aliphatic rings. The Labute approximate surface area is 214 Å². The lowest BCUT2D eigenvalue weighted by Gasteiger charge is -2.44. The van der Waals surface area contributed by atoms with Gasteiger partial charge in [0.2, 0.25) is 0 Å². The monoisotopic (exact) mass is 537 g/mol. The van der Waals surface area contributed by atoms with Gasteiger partial charge in [-0.25, -0.2) is 14.5 Å². The fraction of sp³-hybridized carbons (Fsp3) is 0.348. The number of pyridine rings is 1. The first-order chi connectivity index (χ1) is 17.3. The smallest absolute Gasteiger partial charge is 0.417 e. The van der Waals surface area contributed by atoms with Gasteiger partial charge in [0.05, 0.1) is 34.4 Å². The Morgan fingerprint density at radius 2 is 1.84 bits per heavy atom. The minimum Gasteiger partial charge on any atom is -0.476 e. The molecule has 0 bridgehead atoms. The van der Waals surface area contributed by atoms with Crippen molar-refractivity contribution in [3.8, 4) is 5.69 Å². The second-order valence-electron chi connectivity index (χ2n) is 8.83. The van der Waals surface area contributed by atoms with Crippen molar-refractivity contribution in [1.29, 1.82) is 0 Å². The van der Waals surface area contributed by atoms with Crippen LogP contribution in [-0.4, -0.2) is 74.1 Å². The highest BCUT2D eigenvalue weighted by atomic mass is 35.5. The number of nitrogens with one attached hydrogen (secondary N) is 1. The summed E-state index contributed by atoms with van der Waals surface area (Å²) in [4.78, 5) is 32.2. The third-order valence-corrected chi connectivity index (χ3v) is 6.53. The molecule has 1 amide bonds. The zero-order valence-corrected chi connectivity index (χ0v) is 20.7. The van der Waals surface area contributed by atoms with E-state index >= 15 is 0 Å². The summed E-state index contributed by atoms with van der Waals surface area (Å²) in [5.41, 5.74) is -1.06. The van der Waals surface area contributed by atoms with Gasteiger partial charge in [0.15, 0.2) is 5.69 Å². The maximum Gasteiger partial charge on any atom is 0.417 e. The zero-order chi connectivity index (χ0) is 27.1. The van der Waals surface area contributed by atoms with E-state index in [1.807, 2.05) is 25.8 Å². The van der Waals surface area contributed by atoms with Crippen molar-refractivity contribution in [2.75, 3.05) is 30.4 Å². The molecule has 0 spiro atoms. The molecule has 1 fully saturated rings. The van der Waals surface area contributed by atoms with Crippen molar-refractivity contribution in [3.63, 3.8) is 0 Å². The van der Waals surface area contributed by atoms with Gasteiger partial charge in [-0.1, -0.05) is 16.8 Å². The van der Waals surface area contributed by atoms with E-state index in [4.69, 9.17) is 16.7 Å². The molecule has 14 heteroatoms. The number of hydrogen-bond acceptors (Lipinski definition) is 7. The minimum atomic E-state index is -4.83. The van der Waals surface area contributed by atoms with E-state index in [1.54, 1.807) is 12.1 Å². The molecule has 4 rings (SSSR count). The number of benzene rings is 1.